The number of likely N-dealkylation sites (tertiary alicyclic amines) is 1. The normalized spacial score (nSPS) is 14.7. The average molecular weight is 1890 g/mol. The molecule has 30 heteroatoms. The van der Waals surface area contributed by atoms with E-state index in [-0.39, 0.29) is 17.7 Å². The molecule has 135 heavy (non-hydrogen) atoms. The Morgan fingerprint density at radius 1 is 0.348 bits per heavy atom. The van der Waals surface area contributed by atoms with Crippen LogP contribution in [0.3, 0.4) is 0 Å². The van der Waals surface area contributed by atoms with Gasteiger partial charge >= 0.3 is 5.97 Å². The number of halogens is 5. The summed E-state index contributed by atoms with van der Waals surface area (Å²) >= 11 is 30.5. The molecule has 8 aromatic carbocycles. The van der Waals surface area contributed by atoms with Crippen molar-refractivity contribution in [1.82, 2.24) is 97.5 Å². The number of amides is 2. The van der Waals surface area contributed by atoms with Gasteiger partial charge in [-0.3, -0.25) is 39.0 Å². The van der Waals surface area contributed by atoms with Crippen LogP contribution in [-0.4, -0.2) is 212 Å². The molecule has 4 aliphatic rings. The molecule has 4 aliphatic heterocycles. The van der Waals surface area contributed by atoms with E-state index in [2.05, 4.69) is 183 Å². The first kappa shape index (κ1) is 90.5. The van der Waals surface area contributed by atoms with Crippen molar-refractivity contribution in [2.45, 2.75) is 39.0 Å². The SMILES string of the molecule is Clc1ccc(-c2nc3ccc(-c4nn[nH]n4)cn3c2CN2CCOCC2)cc1.O=C(O)C1CCN(Cc2c(-c3ccc(Cl)cc3)nc3ccc(-c4ccccc4)cn23)CC1.O=C(c1ccc(Cl)cc1)N1CCN(Cc2c(-c3ccc(Cl)cc3)nc3ccc(-c4ccccc4)cn23)CC1.O=C(c1cnccn1)N1CCN(Cc2c(-c3ccc(Cl)cc3)nc3ccc(-c4ccccc4)cn23)CC1. The first-order valence-electron chi connectivity index (χ1n) is 44.8. The lowest BCUT2D eigenvalue weighted by Gasteiger charge is -2.34. The van der Waals surface area contributed by atoms with E-state index in [1.165, 1.54) is 6.20 Å². The summed E-state index contributed by atoms with van der Waals surface area (Å²) in [5.74, 6) is -0.397. The van der Waals surface area contributed by atoms with E-state index >= 15 is 0 Å². The Morgan fingerprint density at radius 2 is 0.674 bits per heavy atom. The molecule has 0 spiro atoms. The Bertz CT molecular complexity index is 7140. The van der Waals surface area contributed by atoms with E-state index in [0.29, 0.717) is 94.3 Å². The highest BCUT2D eigenvalue weighted by Crippen LogP contribution is 2.37. The predicted octanol–water partition coefficient (Wildman–Crippen LogP) is 20.3. The lowest BCUT2D eigenvalue weighted by Crippen LogP contribution is -2.48. The van der Waals surface area contributed by atoms with Gasteiger partial charge in [0.25, 0.3) is 11.8 Å². The zero-order chi connectivity index (χ0) is 92.3. The highest BCUT2D eigenvalue weighted by molar-refractivity contribution is 6.32. The quantitative estimate of drug-likeness (QED) is 0.0763. The van der Waals surface area contributed by atoms with Gasteiger partial charge in [-0.2, -0.15) is 5.21 Å². The molecule has 0 unspecified atom stereocenters. The van der Waals surface area contributed by atoms with Crippen molar-refractivity contribution < 1.29 is 24.2 Å². The van der Waals surface area contributed by atoms with Gasteiger partial charge < -0.3 is 37.2 Å². The number of aliphatic carboxylic acids is 1. The number of fused-ring (bicyclic) bond motifs is 4. The van der Waals surface area contributed by atoms with Crippen molar-refractivity contribution >= 4 is 98.4 Å². The van der Waals surface area contributed by atoms with E-state index in [9.17, 15) is 19.5 Å². The molecule has 0 radical (unpaired) electrons. The van der Waals surface area contributed by atoms with E-state index in [0.717, 1.165) is 208 Å². The number of carbonyl (C=O) groups is 3. The van der Waals surface area contributed by atoms with E-state index in [1.807, 2.05) is 156 Å². The molecule has 25 nitrogen and oxygen atoms in total. The number of aromatic amines is 1. The number of imidazole rings is 4. The van der Waals surface area contributed by atoms with Gasteiger partial charge in [0.15, 0.2) is 0 Å². The Labute approximate surface area is 804 Å². The van der Waals surface area contributed by atoms with Gasteiger partial charge in [0, 0.05) is 187 Å². The van der Waals surface area contributed by atoms with Crippen LogP contribution < -0.4 is 0 Å². The number of nitrogens with zero attached hydrogens (tertiary/aromatic N) is 19. The minimum Gasteiger partial charge on any atom is -0.481 e. The van der Waals surface area contributed by atoms with E-state index < -0.39 is 5.97 Å². The number of aromatic nitrogens is 14. The molecule has 18 aromatic rings. The molecule has 4 saturated heterocycles. The van der Waals surface area contributed by atoms with Gasteiger partial charge in [-0.1, -0.05) is 198 Å². The molecule has 2 N–H and O–H groups in total. The number of H-pyrrole nitrogens is 1. The number of morpholine rings is 1. The third-order valence-corrected chi connectivity index (χ3v) is 26.3. The second-order valence-electron chi connectivity index (χ2n) is 33.6. The van der Waals surface area contributed by atoms with Crippen LogP contribution in [0.25, 0.3) is 112 Å². The van der Waals surface area contributed by atoms with Gasteiger partial charge in [-0.15, -0.1) is 10.2 Å². The molecule has 0 bridgehead atoms. The minimum atomic E-state index is -0.686. The number of rotatable bonds is 19. The third kappa shape index (κ3) is 21.3. The second-order valence-corrected chi connectivity index (χ2v) is 35.8. The number of hydrogen-bond donors (Lipinski definition) is 2. The summed E-state index contributed by atoms with van der Waals surface area (Å²) in [6.45, 7) is 13.5. The monoisotopic (exact) mass is 1890 g/mol. The largest absolute Gasteiger partial charge is 0.481 e. The Hall–Kier alpha value is -13.7. The number of carboxylic acid groups (broad SMARTS) is 1. The Morgan fingerprint density at radius 3 is 1.01 bits per heavy atom. The van der Waals surface area contributed by atoms with E-state index in [4.69, 9.17) is 82.7 Å². The number of piperidine rings is 1. The number of nitrogens with one attached hydrogen (secondary N) is 1. The number of benzene rings is 8. The van der Waals surface area contributed by atoms with Crippen LogP contribution in [0.4, 0.5) is 0 Å². The van der Waals surface area contributed by atoms with Gasteiger partial charge in [0.05, 0.1) is 70.9 Å². The molecule has 14 heterocycles. The van der Waals surface area contributed by atoms with Crippen LogP contribution in [-0.2, 0) is 35.7 Å². The highest BCUT2D eigenvalue weighted by atomic mass is 35.5. The summed E-state index contributed by atoms with van der Waals surface area (Å²) in [4.78, 5) is 78.5. The maximum atomic E-state index is 13.0. The van der Waals surface area contributed by atoms with Crippen LogP contribution in [0.15, 0.2) is 304 Å². The fourth-order valence-electron chi connectivity index (χ4n) is 17.7. The lowest BCUT2D eigenvalue weighted by atomic mass is 9.97. The summed E-state index contributed by atoms with van der Waals surface area (Å²) in [6.07, 6.45) is 14.5. The van der Waals surface area contributed by atoms with Crippen molar-refractivity contribution in [3.05, 3.63) is 363 Å². The number of pyridine rings is 4. The minimum absolute atomic E-state index is 0.0467. The van der Waals surface area contributed by atoms with E-state index in [1.54, 1.807) is 36.7 Å². The summed E-state index contributed by atoms with van der Waals surface area (Å²) in [6, 6.07) is 85.9. The molecule has 10 aromatic heterocycles. The number of carboxylic acids is 1. The van der Waals surface area contributed by atoms with Gasteiger partial charge in [0.1, 0.15) is 28.3 Å². The van der Waals surface area contributed by atoms with Gasteiger partial charge in [-0.25, -0.2) is 24.9 Å². The van der Waals surface area contributed by atoms with Crippen LogP contribution in [0.1, 0.15) is 56.5 Å². The second kappa shape index (κ2) is 41.9. The molecule has 0 saturated carbocycles. The molecule has 678 valence electrons. The standard InChI is InChI=1S/C31H26Cl2N4O.C29H25ClN6O.C26H24ClN3O2.C19H18ClN7O/c32-26-11-6-23(7-12-26)30-28(37-20-25(10-15-29(37)34-30)22-4-2-1-3-5-22)21-35-16-18-36(19-17-35)31(38)24-8-13-27(33)14-9-24;30-24-9-6-22(7-10-24)28-26(36-19-23(8-11-27(36)33-28)21-4-2-1-3-5-21)20-34-14-16-35(17-15-34)29(37)25-18-31-12-13-32-25;27-22-9-6-19(7-10-22)25-23(17-29-14-12-20(13-15-29)26(31)32)30-16-21(8-11-24(30)28-25)18-4-2-1-3-5-18;20-15-4-1-13(2-5-15)18-16(12-26-7-9-28-10-8-26)27-11-14(3-6-17(27)21-18)19-22-24-25-23-19/h1-15,20H,16-19,21H2;1-13,18-19H,14-17,20H2;1-11,16,20H,12-15,17H2,(H,31,32);1-6,11H,7-10,12H2,(H,22,23,24,25). The van der Waals surface area contributed by atoms with Crippen LogP contribution in [0.5, 0.6) is 0 Å². The Kier molecular flexibility index (Phi) is 28.1. The third-order valence-electron chi connectivity index (χ3n) is 25.0. The van der Waals surface area contributed by atoms with Crippen molar-refractivity contribution in [2.24, 2.45) is 5.92 Å². The summed E-state index contributed by atoms with van der Waals surface area (Å²) < 4.78 is 14.2. The fraction of sp³-hybridized carbons (Fsp3) is 0.200. The average Bonchev–Trinajstić information content (AvgIpc) is 1.64. The molecular weight excluding hydrogens is 1800 g/mol. The predicted molar refractivity (Wildman–Crippen MR) is 530 cm³/mol. The number of carbonyl (C=O) groups excluding carboxylic acids is 2. The smallest absolute Gasteiger partial charge is 0.306 e. The topological polar surface area (TPSA) is 250 Å². The zero-order valence-electron chi connectivity index (χ0n) is 73.6. The highest BCUT2D eigenvalue weighted by Gasteiger charge is 2.31. The summed E-state index contributed by atoms with van der Waals surface area (Å²) in [7, 11) is 0. The molecule has 2 amide bonds. The van der Waals surface area contributed by atoms with Gasteiger partial charge in [0.2, 0.25) is 5.82 Å². The summed E-state index contributed by atoms with van der Waals surface area (Å²) in [5, 5.41) is 27.1. The molecule has 4 fully saturated rings. The number of piperazine rings is 2. The van der Waals surface area contributed by atoms with Crippen molar-refractivity contribution in [3.8, 4) is 89.8 Å². The molecule has 0 aliphatic carbocycles. The molecule has 0 atom stereocenters. The first-order valence-corrected chi connectivity index (χ1v) is 46.7. The maximum Gasteiger partial charge on any atom is 0.306 e. The van der Waals surface area contributed by atoms with Gasteiger partial charge in [-0.05, 0) is 186 Å². The molecule has 22 rings (SSSR count). The Balaban J connectivity index is 0.000000116. The molecular formula is C105H93Cl5N20O5. The van der Waals surface area contributed by atoms with Crippen molar-refractivity contribution in [1.29, 1.82) is 0 Å². The van der Waals surface area contributed by atoms with Crippen LogP contribution in [0.2, 0.25) is 25.1 Å². The van der Waals surface area contributed by atoms with Crippen molar-refractivity contribution in [3.63, 3.8) is 0 Å². The fourth-order valence-corrected chi connectivity index (χ4v) is 18.3. The number of tetrazole rings is 1. The lowest BCUT2D eigenvalue weighted by molar-refractivity contribution is -0.143. The van der Waals surface area contributed by atoms with Crippen LogP contribution >= 0.6 is 58.0 Å². The van der Waals surface area contributed by atoms with Crippen LogP contribution in [0, 0.1) is 5.92 Å². The first-order chi connectivity index (χ1) is 66.1. The zero-order valence-corrected chi connectivity index (χ0v) is 77.3. The number of ether oxygens (including phenoxy) is 1. The number of hydrogen-bond acceptors (Lipinski definition) is 17. The van der Waals surface area contributed by atoms with Crippen molar-refractivity contribution in [2.75, 3.05) is 91.8 Å². The summed E-state index contributed by atoms with van der Waals surface area (Å²) in [5.41, 5.74) is 24.8. The maximum absolute atomic E-state index is 13.0.